The van der Waals surface area contributed by atoms with Gasteiger partial charge in [-0.15, -0.1) is 0 Å². The van der Waals surface area contributed by atoms with Crippen molar-refractivity contribution >= 4 is 5.91 Å². The fourth-order valence-corrected chi connectivity index (χ4v) is 3.20. The summed E-state index contributed by atoms with van der Waals surface area (Å²) in [4.78, 5) is 19.3. The van der Waals surface area contributed by atoms with Crippen LogP contribution in [0.1, 0.15) is 28.9 Å². The minimum atomic E-state index is -0.273. The van der Waals surface area contributed by atoms with E-state index >= 15 is 0 Å². The summed E-state index contributed by atoms with van der Waals surface area (Å²) < 4.78 is 17.2. The predicted molar refractivity (Wildman–Crippen MR) is 101 cm³/mol. The maximum atomic E-state index is 13.0. The van der Waals surface area contributed by atoms with Crippen LogP contribution in [-0.2, 0) is 0 Å². The number of pyridine rings is 1. The van der Waals surface area contributed by atoms with Crippen LogP contribution < -0.4 is 14.2 Å². The van der Waals surface area contributed by atoms with Crippen molar-refractivity contribution in [2.24, 2.45) is 5.92 Å². The highest BCUT2D eigenvalue weighted by atomic mass is 16.5. The monoisotopic (exact) mass is 368 g/mol. The molecule has 6 heteroatoms. The Balaban J connectivity index is 1.51. The quantitative estimate of drug-likeness (QED) is 0.784. The SMILES string of the molecule is COc1ccc(OCC2CN(CC3CC3)C(=O)c3ccc(C)nc3O2)cc1. The number of amides is 1. The van der Waals surface area contributed by atoms with Gasteiger partial charge in [-0.2, -0.15) is 0 Å². The fraction of sp³-hybridized carbons (Fsp3) is 0.429. The van der Waals surface area contributed by atoms with E-state index in [1.807, 2.05) is 48.2 Å². The van der Waals surface area contributed by atoms with E-state index in [2.05, 4.69) is 4.98 Å². The van der Waals surface area contributed by atoms with Gasteiger partial charge in [-0.3, -0.25) is 4.79 Å². The van der Waals surface area contributed by atoms with E-state index in [0.717, 1.165) is 23.7 Å². The average Bonchev–Trinajstić information content (AvgIpc) is 3.50. The number of aryl methyl sites for hydroxylation is 1. The number of carbonyl (C=O) groups excluding carboxylic acids is 1. The first-order valence-electron chi connectivity index (χ1n) is 9.33. The minimum absolute atomic E-state index is 0.00338. The standard InChI is InChI=1S/C21H24N2O4/c1-14-3-10-19-20(22-14)27-18(12-23(21(19)24)11-15-4-5-15)13-26-17-8-6-16(25-2)7-9-17/h3,6-10,15,18H,4-5,11-13H2,1-2H3. The number of carbonyl (C=O) groups is 1. The second-order valence-electron chi connectivity index (χ2n) is 7.19. The Morgan fingerprint density at radius 3 is 2.59 bits per heavy atom. The molecule has 1 saturated carbocycles. The van der Waals surface area contributed by atoms with Crippen LogP contribution in [0.3, 0.4) is 0 Å². The molecular formula is C21H24N2O4. The molecule has 1 aromatic heterocycles. The second-order valence-corrected chi connectivity index (χ2v) is 7.19. The normalized spacial score (nSPS) is 19.1. The maximum Gasteiger partial charge on any atom is 0.259 e. The molecule has 2 aliphatic rings. The molecule has 6 nitrogen and oxygen atoms in total. The number of hydrogen-bond acceptors (Lipinski definition) is 5. The smallest absolute Gasteiger partial charge is 0.259 e. The Kier molecular flexibility index (Phi) is 4.88. The van der Waals surface area contributed by atoms with Crippen LogP contribution in [-0.4, -0.2) is 48.7 Å². The predicted octanol–water partition coefficient (Wildman–Crippen LogP) is 3.09. The first-order chi connectivity index (χ1) is 13.1. The Bertz CT molecular complexity index is 817. The van der Waals surface area contributed by atoms with Gasteiger partial charge in [0.1, 0.15) is 23.7 Å². The summed E-state index contributed by atoms with van der Waals surface area (Å²) in [6, 6.07) is 11.1. The zero-order chi connectivity index (χ0) is 18.8. The summed E-state index contributed by atoms with van der Waals surface area (Å²) in [5.41, 5.74) is 1.36. The van der Waals surface area contributed by atoms with Crippen LogP contribution in [0, 0.1) is 12.8 Å². The zero-order valence-electron chi connectivity index (χ0n) is 15.7. The topological polar surface area (TPSA) is 60.9 Å². The van der Waals surface area contributed by atoms with Crippen molar-refractivity contribution in [3.8, 4) is 17.4 Å². The molecule has 1 atom stereocenters. The van der Waals surface area contributed by atoms with Crippen molar-refractivity contribution in [3.63, 3.8) is 0 Å². The third-order valence-electron chi connectivity index (χ3n) is 4.89. The molecule has 2 aromatic rings. The van der Waals surface area contributed by atoms with E-state index in [0.29, 0.717) is 30.5 Å². The Morgan fingerprint density at radius 1 is 1.15 bits per heavy atom. The van der Waals surface area contributed by atoms with Crippen molar-refractivity contribution < 1.29 is 19.0 Å². The highest BCUT2D eigenvalue weighted by Crippen LogP contribution is 2.32. The highest BCUT2D eigenvalue weighted by molar-refractivity contribution is 5.96. The van der Waals surface area contributed by atoms with Crippen LogP contribution in [0.4, 0.5) is 0 Å². The van der Waals surface area contributed by atoms with Crippen molar-refractivity contribution in [3.05, 3.63) is 47.7 Å². The van der Waals surface area contributed by atoms with E-state index in [9.17, 15) is 4.79 Å². The molecule has 1 fully saturated rings. The van der Waals surface area contributed by atoms with Crippen molar-refractivity contribution in [1.29, 1.82) is 0 Å². The lowest BCUT2D eigenvalue weighted by molar-refractivity contribution is 0.0633. The van der Waals surface area contributed by atoms with E-state index < -0.39 is 0 Å². The van der Waals surface area contributed by atoms with Gasteiger partial charge in [-0.05, 0) is 62.1 Å². The number of nitrogens with zero attached hydrogens (tertiary/aromatic N) is 2. The first kappa shape index (κ1) is 17.6. The van der Waals surface area contributed by atoms with E-state index in [1.165, 1.54) is 12.8 Å². The van der Waals surface area contributed by atoms with Gasteiger partial charge in [0, 0.05) is 12.2 Å². The molecule has 4 rings (SSSR count). The third kappa shape index (κ3) is 4.15. The molecule has 27 heavy (non-hydrogen) atoms. The summed E-state index contributed by atoms with van der Waals surface area (Å²) in [5, 5.41) is 0. The van der Waals surface area contributed by atoms with Gasteiger partial charge < -0.3 is 19.1 Å². The van der Waals surface area contributed by atoms with E-state index in [4.69, 9.17) is 14.2 Å². The molecule has 2 heterocycles. The molecule has 1 amide bonds. The number of hydrogen-bond donors (Lipinski definition) is 0. The number of aromatic nitrogens is 1. The van der Waals surface area contributed by atoms with Gasteiger partial charge in [-0.25, -0.2) is 4.98 Å². The molecule has 0 spiro atoms. The second kappa shape index (κ2) is 7.47. The number of methoxy groups -OCH3 is 1. The van der Waals surface area contributed by atoms with Crippen LogP contribution in [0.15, 0.2) is 36.4 Å². The summed E-state index contributed by atoms with van der Waals surface area (Å²) in [5.74, 6) is 2.53. The Morgan fingerprint density at radius 2 is 1.89 bits per heavy atom. The molecule has 0 radical (unpaired) electrons. The fourth-order valence-electron chi connectivity index (χ4n) is 3.20. The molecule has 1 aliphatic heterocycles. The van der Waals surface area contributed by atoms with Gasteiger partial charge in [0.05, 0.1) is 13.7 Å². The number of benzene rings is 1. The molecule has 0 N–H and O–H groups in total. The highest BCUT2D eigenvalue weighted by Gasteiger charge is 2.34. The average molecular weight is 368 g/mol. The van der Waals surface area contributed by atoms with Crippen molar-refractivity contribution in [2.45, 2.75) is 25.9 Å². The minimum Gasteiger partial charge on any atom is -0.497 e. The van der Waals surface area contributed by atoms with E-state index in [1.54, 1.807) is 7.11 Å². The molecule has 142 valence electrons. The lowest BCUT2D eigenvalue weighted by Crippen LogP contribution is -2.40. The van der Waals surface area contributed by atoms with Gasteiger partial charge in [0.2, 0.25) is 5.88 Å². The summed E-state index contributed by atoms with van der Waals surface area (Å²) in [6.07, 6.45) is 2.11. The molecular weight excluding hydrogens is 344 g/mol. The molecule has 1 aromatic carbocycles. The van der Waals surface area contributed by atoms with E-state index in [-0.39, 0.29) is 12.0 Å². The lowest BCUT2D eigenvalue weighted by Gasteiger charge is -2.24. The summed E-state index contributed by atoms with van der Waals surface area (Å²) >= 11 is 0. The molecule has 1 unspecified atom stereocenters. The Labute approximate surface area is 159 Å². The molecule has 0 saturated heterocycles. The summed E-state index contributed by atoms with van der Waals surface area (Å²) in [6.45, 7) is 3.51. The zero-order valence-corrected chi connectivity index (χ0v) is 15.7. The van der Waals surface area contributed by atoms with Crippen molar-refractivity contribution in [1.82, 2.24) is 9.88 Å². The van der Waals surface area contributed by atoms with Gasteiger partial charge in [0.15, 0.2) is 6.10 Å². The third-order valence-corrected chi connectivity index (χ3v) is 4.89. The largest absolute Gasteiger partial charge is 0.497 e. The Hall–Kier alpha value is -2.76. The van der Waals surface area contributed by atoms with Gasteiger partial charge >= 0.3 is 0 Å². The van der Waals surface area contributed by atoms with Gasteiger partial charge in [-0.1, -0.05) is 0 Å². The number of fused-ring (bicyclic) bond motifs is 1. The maximum absolute atomic E-state index is 13.0. The van der Waals surface area contributed by atoms with Crippen LogP contribution in [0.2, 0.25) is 0 Å². The first-order valence-corrected chi connectivity index (χ1v) is 9.33. The molecule has 0 bridgehead atoms. The summed E-state index contributed by atoms with van der Waals surface area (Å²) in [7, 11) is 1.63. The van der Waals surface area contributed by atoms with Crippen molar-refractivity contribution in [2.75, 3.05) is 26.8 Å². The number of ether oxygens (including phenoxy) is 3. The van der Waals surface area contributed by atoms with Gasteiger partial charge in [0.25, 0.3) is 5.91 Å². The number of rotatable bonds is 6. The van der Waals surface area contributed by atoms with Crippen LogP contribution in [0.25, 0.3) is 0 Å². The lowest BCUT2D eigenvalue weighted by atomic mass is 10.2. The van der Waals surface area contributed by atoms with Crippen LogP contribution >= 0.6 is 0 Å². The molecule has 1 aliphatic carbocycles. The van der Waals surface area contributed by atoms with Crippen LogP contribution in [0.5, 0.6) is 17.4 Å².